The molecule has 3 rings (SSSR count). The van der Waals surface area contributed by atoms with E-state index >= 15 is 0 Å². The number of imidazole rings is 1. The molecule has 1 aromatic carbocycles. The number of hydrogen-bond donors (Lipinski definition) is 0. The lowest BCUT2D eigenvalue weighted by Crippen LogP contribution is -2.40. The Morgan fingerprint density at radius 1 is 1.15 bits per heavy atom. The first kappa shape index (κ1) is 19.9. The Morgan fingerprint density at radius 2 is 1.85 bits per heavy atom. The minimum atomic E-state index is -0.406. The number of hydrogen-bond acceptors (Lipinski definition) is 4. The van der Waals surface area contributed by atoms with Gasteiger partial charge in [-0.25, -0.2) is 9.78 Å². The number of halogens is 2. The van der Waals surface area contributed by atoms with Crippen LogP contribution in [0.1, 0.15) is 18.9 Å². The zero-order valence-corrected chi connectivity index (χ0v) is 17.5. The number of ether oxygens (including phenoxy) is 1. The van der Waals surface area contributed by atoms with Crippen LogP contribution in [0.4, 0.5) is 0 Å². The highest BCUT2D eigenvalue weighted by molar-refractivity contribution is 9.10. The zero-order valence-electron chi connectivity index (χ0n) is 15.1. The maximum atomic E-state index is 13.0. The van der Waals surface area contributed by atoms with E-state index in [1.165, 1.54) is 9.13 Å². The van der Waals surface area contributed by atoms with Gasteiger partial charge in [-0.15, -0.1) is 0 Å². The summed E-state index contributed by atoms with van der Waals surface area (Å²) in [4.78, 5) is 30.0. The van der Waals surface area contributed by atoms with Crippen LogP contribution in [-0.4, -0.2) is 31.9 Å². The van der Waals surface area contributed by atoms with Crippen molar-refractivity contribution in [2.75, 3.05) is 13.2 Å². The smallest absolute Gasteiger partial charge is 0.332 e. The van der Waals surface area contributed by atoms with Gasteiger partial charge >= 0.3 is 5.69 Å². The summed E-state index contributed by atoms with van der Waals surface area (Å²) in [6.45, 7) is 3.53. The highest BCUT2D eigenvalue weighted by atomic mass is 79.9. The molecule has 0 atom stereocenters. The zero-order chi connectivity index (χ0) is 19.6. The van der Waals surface area contributed by atoms with Gasteiger partial charge in [-0.1, -0.05) is 30.7 Å². The molecule has 0 amide bonds. The minimum Gasteiger partial charge on any atom is -0.380 e. The van der Waals surface area contributed by atoms with Gasteiger partial charge < -0.3 is 9.30 Å². The van der Waals surface area contributed by atoms with Crippen LogP contribution in [-0.2, 0) is 24.9 Å². The molecule has 0 bridgehead atoms. The molecule has 27 heavy (non-hydrogen) atoms. The molecule has 0 aliphatic rings. The quantitative estimate of drug-likeness (QED) is 0.406. The van der Waals surface area contributed by atoms with E-state index in [0.29, 0.717) is 40.7 Å². The molecule has 0 N–H and O–H groups in total. The Balaban J connectivity index is 2.08. The van der Waals surface area contributed by atoms with Crippen molar-refractivity contribution in [2.24, 2.45) is 7.05 Å². The third-order valence-electron chi connectivity index (χ3n) is 4.25. The SMILES string of the molecule is CCCOCCn1c(=O)c2c(nc(Br)n2Cc2ccc(Cl)cc2)n(C)c1=O. The topological polar surface area (TPSA) is 71.1 Å². The van der Waals surface area contributed by atoms with Crippen LogP contribution >= 0.6 is 27.5 Å². The number of fused-ring (bicyclic) bond motifs is 1. The van der Waals surface area contributed by atoms with Crippen LogP contribution in [0.2, 0.25) is 5.02 Å². The molecule has 0 radical (unpaired) electrons. The largest absolute Gasteiger partial charge is 0.380 e. The lowest BCUT2D eigenvalue weighted by atomic mass is 10.2. The fraction of sp³-hybridized carbons (Fsp3) is 0.389. The highest BCUT2D eigenvalue weighted by Crippen LogP contribution is 2.19. The second kappa shape index (κ2) is 8.41. The molecular weight excluding hydrogens is 436 g/mol. The Bertz CT molecular complexity index is 1070. The number of nitrogens with zero attached hydrogens (tertiary/aromatic N) is 4. The van der Waals surface area contributed by atoms with Crippen LogP contribution in [0.25, 0.3) is 11.2 Å². The third kappa shape index (κ3) is 4.02. The summed E-state index contributed by atoms with van der Waals surface area (Å²) >= 11 is 9.35. The van der Waals surface area contributed by atoms with Crippen molar-refractivity contribution in [1.82, 2.24) is 18.7 Å². The lowest BCUT2D eigenvalue weighted by Gasteiger charge is -2.10. The number of benzene rings is 1. The second-order valence-corrected chi connectivity index (χ2v) is 7.32. The van der Waals surface area contributed by atoms with Gasteiger partial charge in [0.2, 0.25) is 0 Å². The molecule has 0 saturated carbocycles. The van der Waals surface area contributed by atoms with Crippen molar-refractivity contribution >= 4 is 38.7 Å². The summed E-state index contributed by atoms with van der Waals surface area (Å²) in [7, 11) is 1.61. The second-order valence-electron chi connectivity index (χ2n) is 6.18. The van der Waals surface area contributed by atoms with Crippen LogP contribution in [0, 0.1) is 0 Å². The summed E-state index contributed by atoms with van der Waals surface area (Å²) in [5.74, 6) is 0. The van der Waals surface area contributed by atoms with Gasteiger partial charge in [0.15, 0.2) is 15.9 Å². The average molecular weight is 456 g/mol. The van der Waals surface area contributed by atoms with E-state index in [2.05, 4.69) is 20.9 Å². The first-order chi connectivity index (χ1) is 12.9. The number of aryl methyl sites for hydroxylation is 1. The maximum Gasteiger partial charge on any atom is 0.332 e. The molecule has 0 spiro atoms. The fourth-order valence-corrected chi connectivity index (χ4v) is 3.46. The van der Waals surface area contributed by atoms with Crippen molar-refractivity contribution < 1.29 is 4.74 Å². The molecule has 9 heteroatoms. The van der Waals surface area contributed by atoms with Gasteiger partial charge in [0, 0.05) is 18.7 Å². The van der Waals surface area contributed by atoms with Gasteiger partial charge in [-0.2, -0.15) is 0 Å². The van der Waals surface area contributed by atoms with Crippen LogP contribution in [0.3, 0.4) is 0 Å². The monoisotopic (exact) mass is 454 g/mol. The average Bonchev–Trinajstić information content (AvgIpc) is 2.98. The highest BCUT2D eigenvalue weighted by Gasteiger charge is 2.19. The summed E-state index contributed by atoms with van der Waals surface area (Å²) in [5.41, 5.74) is 0.896. The molecule has 0 aliphatic heterocycles. The molecular formula is C18H20BrClN4O3. The molecule has 2 aromatic heterocycles. The number of aromatic nitrogens is 4. The molecule has 3 aromatic rings. The van der Waals surface area contributed by atoms with E-state index in [1.807, 2.05) is 19.1 Å². The molecule has 144 valence electrons. The Kier molecular flexibility index (Phi) is 6.18. The molecule has 0 saturated heterocycles. The third-order valence-corrected chi connectivity index (χ3v) is 5.10. The van der Waals surface area contributed by atoms with Crippen molar-refractivity contribution in [1.29, 1.82) is 0 Å². The van der Waals surface area contributed by atoms with E-state index in [4.69, 9.17) is 16.3 Å². The van der Waals surface area contributed by atoms with Crippen LogP contribution in [0.5, 0.6) is 0 Å². The fourth-order valence-electron chi connectivity index (χ4n) is 2.86. The minimum absolute atomic E-state index is 0.200. The maximum absolute atomic E-state index is 13.0. The Morgan fingerprint density at radius 3 is 2.52 bits per heavy atom. The first-order valence-corrected chi connectivity index (χ1v) is 9.79. The van der Waals surface area contributed by atoms with Crippen LogP contribution < -0.4 is 11.2 Å². The van der Waals surface area contributed by atoms with E-state index in [9.17, 15) is 9.59 Å². The van der Waals surface area contributed by atoms with Gasteiger partial charge in [-0.05, 0) is 40.0 Å². The predicted molar refractivity (Wildman–Crippen MR) is 109 cm³/mol. The van der Waals surface area contributed by atoms with E-state index in [0.717, 1.165) is 12.0 Å². The normalized spacial score (nSPS) is 11.4. The summed E-state index contributed by atoms with van der Waals surface area (Å²) < 4.78 is 10.3. The van der Waals surface area contributed by atoms with E-state index < -0.39 is 5.69 Å². The lowest BCUT2D eigenvalue weighted by molar-refractivity contribution is 0.125. The van der Waals surface area contributed by atoms with Crippen LogP contribution in [0.15, 0.2) is 38.6 Å². The van der Waals surface area contributed by atoms with Gasteiger partial charge in [0.25, 0.3) is 5.56 Å². The predicted octanol–water partition coefficient (Wildman–Crippen LogP) is 2.79. The summed E-state index contributed by atoms with van der Waals surface area (Å²) in [6.07, 6.45) is 0.882. The van der Waals surface area contributed by atoms with Crippen molar-refractivity contribution in [3.8, 4) is 0 Å². The van der Waals surface area contributed by atoms with Crippen molar-refractivity contribution in [3.63, 3.8) is 0 Å². The summed E-state index contributed by atoms with van der Waals surface area (Å²) in [5, 5.41) is 0.644. The first-order valence-electron chi connectivity index (χ1n) is 8.61. The van der Waals surface area contributed by atoms with E-state index in [1.54, 1.807) is 23.7 Å². The standard InChI is InChI=1S/C18H20BrClN4O3/c1-3-9-27-10-8-23-16(25)14-15(22(2)18(23)26)21-17(19)24(14)11-12-4-6-13(20)7-5-12/h4-7H,3,8-11H2,1-2H3. The molecule has 0 aliphatic carbocycles. The van der Waals surface area contributed by atoms with E-state index in [-0.39, 0.29) is 12.1 Å². The Labute approximate surface area is 169 Å². The van der Waals surface area contributed by atoms with Crippen molar-refractivity contribution in [2.45, 2.75) is 26.4 Å². The number of rotatable bonds is 7. The van der Waals surface area contributed by atoms with Gasteiger partial charge in [-0.3, -0.25) is 13.9 Å². The molecule has 2 heterocycles. The molecule has 0 unspecified atom stereocenters. The van der Waals surface area contributed by atoms with Crippen molar-refractivity contribution in [3.05, 3.63) is 60.4 Å². The molecule has 0 fully saturated rings. The van der Waals surface area contributed by atoms with Gasteiger partial charge in [0.1, 0.15) is 0 Å². The summed E-state index contributed by atoms with van der Waals surface area (Å²) in [6, 6.07) is 7.37. The molecule has 7 nitrogen and oxygen atoms in total. The van der Waals surface area contributed by atoms with Gasteiger partial charge in [0.05, 0.1) is 19.7 Å². The Hall–Kier alpha value is -1.90.